The number of halogens is 4. The summed E-state index contributed by atoms with van der Waals surface area (Å²) < 4.78 is 41.6. The summed E-state index contributed by atoms with van der Waals surface area (Å²) in [7, 11) is 0. The molecule has 0 unspecified atom stereocenters. The standard InChI is InChI=1S/C18H14BrF3N4O2/c19-13-4-1-3-12(9-13)10-26-15(6-7-23-26)24-16(27)11-25-8-2-5-14(17(25)28)18(20,21)22/h1-9H,10-11H2,(H,24,27). The molecule has 0 atom stereocenters. The molecule has 1 N–H and O–H groups in total. The van der Waals surface area contributed by atoms with Crippen LogP contribution in [0.3, 0.4) is 0 Å². The zero-order chi connectivity index (χ0) is 20.3. The molecular formula is C18H14BrF3N4O2. The van der Waals surface area contributed by atoms with E-state index in [0.717, 1.165) is 22.3 Å². The van der Waals surface area contributed by atoms with Gasteiger partial charge in [0.2, 0.25) is 5.91 Å². The summed E-state index contributed by atoms with van der Waals surface area (Å²) >= 11 is 3.38. The minimum Gasteiger partial charge on any atom is -0.309 e. The number of hydrogen-bond donors (Lipinski definition) is 1. The second-order valence-corrected chi connectivity index (χ2v) is 6.82. The summed E-state index contributed by atoms with van der Waals surface area (Å²) in [6.45, 7) is -0.170. The van der Waals surface area contributed by atoms with Crippen molar-refractivity contribution in [3.63, 3.8) is 0 Å². The maximum Gasteiger partial charge on any atom is 0.421 e. The zero-order valence-corrected chi connectivity index (χ0v) is 15.9. The third kappa shape index (κ3) is 4.69. The monoisotopic (exact) mass is 454 g/mol. The van der Waals surface area contributed by atoms with Crippen LogP contribution < -0.4 is 10.9 Å². The van der Waals surface area contributed by atoms with Crippen LogP contribution in [0.5, 0.6) is 0 Å². The lowest BCUT2D eigenvalue weighted by Crippen LogP contribution is -2.32. The molecule has 0 aliphatic heterocycles. The first-order valence-electron chi connectivity index (χ1n) is 8.07. The fraction of sp³-hybridized carbons (Fsp3) is 0.167. The van der Waals surface area contributed by atoms with E-state index in [1.807, 2.05) is 24.3 Å². The van der Waals surface area contributed by atoms with E-state index in [-0.39, 0.29) is 0 Å². The summed E-state index contributed by atoms with van der Waals surface area (Å²) in [5.41, 5.74) is -1.65. The number of carbonyl (C=O) groups is 1. The third-order valence-corrected chi connectivity index (χ3v) is 4.34. The molecule has 0 aliphatic carbocycles. The van der Waals surface area contributed by atoms with Gasteiger partial charge in [0.1, 0.15) is 17.9 Å². The maximum absolute atomic E-state index is 12.8. The fourth-order valence-corrected chi connectivity index (χ4v) is 3.03. The topological polar surface area (TPSA) is 68.9 Å². The van der Waals surface area contributed by atoms with Crippen LogP contribution in [0.2, 0.25) is 0 Å². The van der Waals surface area contributed by atoms with Gasteiger partial charge in [0.05, 0.1) is 12.7 Å². The Labute approximate surface area is 165 Å². The second kappa shape index (κ2) is 8.01. The van der Waals surface area contributed by atoms with Gasteiger partial charge in [-0.3, -0.25) is 9.59 Å². The van der Waals surface area contributed by atoms with Gasteiger partial charge in [0.25, 0.3) is 5.56 Å². The Morgan fingerprint density at radius 1 is 1.18 bits per heavy atom. The average Bonchev–Trinajstić information content (AvgIpc) is 3.02. The van der Waals surface area contributed by atoms with Crippen LogP contribution in [0.1, 0.15) is 11.1 Å². The van der Waals surface area contributed by atoms with E-state index in [1.54, 1.807) is 6.07 Å². The Bertz CT molecular complexity index is 1060. The van der Waals surface area contributed by atoms with E-state index in [0.29, 0.717) is 23.0 Å². The summed E-state index contributed by atoms with van der Waals surface area (Å²) in [4.78, 5) is 24.2. The molecule has 0 bridgehead atoms. The average molecular weight is 455 g/mol. The molecule has 3 rings (SSSR count). The highest BCUT2D eigenvalue weighted by molar-refractivity contribution is 9.10. The Morgan fingerprint density at radius 2 is 1.96 bits per heavy atom. The lowest BCUT2D eigenvalue weighted by molar-refractivity contribution is -0.139. The van der Waals surface area contributed by atoms with E-state index in [1.165, 1.54) is 10.9 Å². The molecule has 2 aromatic heterocycles. The molecule has 28 heavy (non-hydrogen) atoms. The molecule has 0 radical (unpaired) electrons. The van der Waals surface area contributed by atoms with Gasteiger partial charge in [-0.2, -0.15) is 18.3 Å². The minimum atomic E-state index is -4.78. The van der Waals surface area contributed by atoms with Gasteiger partial charge in [-0.15, -0.1) is 0 Å². The molecular weight excluding hydrogens is 441 g/mol. The first-order valence-corrected chi connectivity index (χ1v) is 8.86. The molecule has 146 valence electrons. The molecule has 1 amide bonds. The van der Waals surface area contributed by atoms with Crippen molar-refractivity contribution in [3.8, 4) is 0 Å². The van der Waals surface area contributed by atoms with Crippen molar-refractivity contribution in [1.82, 2.24) is 14.3 Å². The van der Waals surface area contributed by atoms with Crippen molar-refractivity contribution in [3.05, 3.63) is 80.8 Å². The quantitative estimate of drug-likeness (QED) is 0.641. The van der Waals surface area contributed by atoms with Crippen LogP contribution >= 0.6 is 15.9 Å². The first-order chi connectivity index (χ1) is 13.2. The number of nitrogens with zero attached hydrogens (tertiary/aromatic N) is 3. The summed E-state index contributed by atoms with van der Waals surface area (Å²) in [5.74, 6) is -0.276. The Hall–Kier alpha value is -2.88. The molecule has 0 fully saturated rings. The van der Waals surface area contributed by atoms with E-state index >= 15 is 0 Å². The molecule has 0 saturated heterocycles. The molecule has 0 aliphatic rings. The van der Waals surface area contributed by atoms with Crippen molar-refractivity contribution in [2.45, 2.75) is 19.3 Å². The zero-order valence-electron chi connectivity index (χ0n) is 14.3. The van der Waals surface area contributed by atoms with Gasteiger partial charge in [-0.05, 0) is 29.8 Å². The normalized spacial score (nSPS) is 11.4. The van der Waals surface area contributed by atoms with Crippen LogP contribution in [-0.2, 0) is 24.1 Å². The van der Waals surface area contributed by atoms with Crippen LogP contribution in [-0.4, -0.2) is 20.3 Å². The fourth-order valence-electron chi connectivity index (χ4n) is 2.59. The summed E-state index contributed by atoms with van der Waals surface area (Å²) in [5, 5.41) is 6.70. The Morgan fingerprint density at radius 3 is 2.68 bits per heavy atom. The first kappa shape index (κ1) is 19.9. The molecule has 2 heterocycles. The number of aromatic nitrogens is 3. The van der Waals surface area contributed by atoms with E-state index in [4.69, 9.17) is 0 Å². The third-order valence-electron chi connectivity index (χ3n) is 3.84. The molecule has 0 saturated carbocycles. The number of benzene rings is 1. The second-order valence-electron chi connectivity index (χ2n) is 5.90. The largest absolute Gasteiger partial charge is 0.421 e. The summed E-state index contributed by atoms with van der Waals surface area (Å²) in [6.07, 6.45) is -2.15. The van der Waals surface area contributed by atoms with Gasteiger partial charge in [0, 0.05) is 16.7 Å². The number of alkyl halides is 3. The smallest absolute Gasteiger partial charge is 0.309 e. The van der Waals surface area contributed by atoms with E-state index in [2.05, 4.69) is 26.3 Å². The SMILES string of the molecule is O=C(Cn1cccc(C(F)(F)F)c1=O)Nc1ccnn1Cc1cccc(Br)c1. The molecule has 3 aromatic rings. The van der Waals surface area contributed by atoms with Crippen molar-refractivity contribution in [2.24, 2.45) is 0 Å². The highest BCUT2D eigenvalue weighted by Crippen LogP contribution is 2.26. The molecule has 1 aromatic carbocycles. The number of rotatable bonds is 5. The molecule has 10 heteroatoms. The van der Waals surface area contributed by atoms with E-state index in [9.17, 15) is 22.8 Å². The van der Waals surface area contributed by atoms with Crippen LogP contribution in [0.25, 0.3) is 0 Å². The number of carbonyl (C=O) groups excluding carboxylic acids is 1. The van der Waals surface area contributed by atoms with Crippen molar-refractivity contribution in [1.29, 1.82) is 0 Å². The van der Waals surface area contributed by atoms with Crippen molar-refractivity contribution >= 4 is 27.7 Å². The minimum absolute atomic E-state index is 0.366. The van der Waals surface area contributed by atoms with Gasteiger partial charge in [-0.25, -0.2) is 4.68 Å². The lowest BCUT2D eigenvalue weighted by Gasteiger charge is -2.12. The predicted molar refractivity (Wildman–Crippen MR) is 99.8 cm³/mol. The number of anilines is 1. The lowest BCUT2D eigenvalue weighted by atomic mass is 10.2. The van der Waals surface area contributed by atoms with Gasteiger partial charge < -0.3 is 9.88 Å². The number of pyridine rings is 1. The Balaban J connectivity index is 1.73. The highest BCUT2D eigenvalue weighted by atomic mass is 79.9. The molecule has 0 spiro atoms. The summed E-state index contributed by atoms with van der Waals surface area (Å²) in [6, 6.07) is 10.8. The van der Waals surface area contributed by atoms with Crippen LogP contribution in [0.4, 0.5) is 19.0 Å². The Kier molecular flexibility index (Phi) is 5.68. The predicted octanol–water partition coefficient (Wildman–Crippen LogP) is 3.51. The highest BCUT2D eigenvalue weighted by Gasteiger charge is 2.34. The maximum atomic E-state index is 12.8. The van der Waals surface area contributed by atoms with Gasteiger partial charge >= 0.3 is 6.18 Å². The van der Waals surface area contributed by atoms with E-state index < -0.39 is 29.8 Å². The van der Waals surface area contributed by atoms with Gasteiger partial charge in [-0.1, -0.05) is 28.1 Å². The number of nitrogens with one attached hydrogen (secondary N) is 1. The van der Waals surface area contributed by atoms with Crippen LogP contribution in [0, 0.1) is 0 Å². The molecule has 6 nitrogen and oxygen atoms in total. The van der Waals surface area contributed by atoms with Crippen LogP contribution in [0.15, 0.2) is 64.1 Å². The number of hydrogen-bond acceptors (Lipinski definition) is 3. The number of amides is 1. The van der Waals surface area contributed by atoms with Crippen molar-refractivity contribution in [2.75, 3.05) is 5.32 Å². The van der Waals surface area contributed by atoms with Crippen molar-refractivity contribution < 1.29 is 18.0 Å². The van der Waals surface area contributed by atoms with Gasteiger partial charge in [0.15, 0.2) is 0 Å².